The third-order valence-corrected chi connectivity index (χ3v) is 4.57. The van der Waals surface area contributed by atoms with Crippen LogP contribution in [0.4, 0.5) is 10.5 Å². The van der Waals surface area contributed by atoms with Crippen molar-refractivity contribution < 1.29 is 14.5 Å². The predicted molar refractivity (Wildman–Crippen MR) is 103 cm³/mol. The summed E-state index contributed by atoms with van der Waals surface area (Å²) in [6.07, 6.45) is 1.52. The summed E-state index contributed by atoms with van der Waals surface area (Å²) in [5.41, 5.74) is -0.604. The van der Waals surface area contributed by atoms with Crippen molar-refractivity contribution in [3.8, 4) is 0 Å². The normalized spacial score (nSPS) is 15.3. The van der Waals surface area contributed by atoms with Gasteiger partial charge in [-0.25, -0.2) is 4.79 Å². The van der Waals surface area contributed by atoms with Gasteiger partial charge in [-0.3, -0.25) is 14.9 Å². The number of benzene rings is 1. The fourth-order valence-corrected chi connectivity index (χ4v) is 3.09. The predicted octanol–water partition coefficient (Wildman–Crippen LogP) is 3.20. The lowest BCUT2D eigenvalue weighted by molar-refractivity contribution is -0.385. The topological polar surface area (TPSA) is 105 Å². The lowest BCUT2D eigenvalue weighted by Gasteiger charge is -2.34. The van der Waals surface area contributed by atoms with E-state index in [4.69, 9.17) is 11.6 Å². The molecule has 9 heteroatoms. The summed E-state index contributed by atoms with van der Waals surface area (Å²) in [5, 5.41) is 17.0. The van der Waals surface area contributed by atoms with Crippen molar-refractivity contribution >= 4 is 29.2 Å². The van der Waals surface area contributed by atoms with E-state index in [1.54, 1.807) is 4.90 Å². The Balaban J connectivity index is 1.87. The first kappa shape index (κ1) is 21.0. The number of hydrogen-bond donors (Lipinski definition) is 2. The molecule has 1 aliphatic rings. The number of hydrogen-bond acceptors (Lipinski definition) is 4. The van der Waals surface area contributed by atoms with Gasteiger partial charge in [-0.2, -0.15) is 0 Å². The van der Waals surface area contributed by atoms with Crippen LogP contribution in [0.15, 0.2) is 18.2 Å². The number of amides is 3. The maximum absolute atomic E-state index is 12.3. The van der Waals surface area contributed by atoms with Crippen LogP contribution in [0, 0.1) is 16.0 Å². The Morgan fingerprint density at radius 3 is 2.48 bits per heavy atom. The zero-order chi connectivity index (χ0) is 20.2. The monoisotopic (exact) mass is 396 g/mol. The molecule has 27 heavy (non-hydrogen) atoms. The number of likely N-dealkylation sites (tertiary alicyclic amines) is 1. The van der Waals surface area contributed by atoms with Gasteiger partial charge in [0, 0.05) is 36.3 Å². The second-order valence-corrected chi connectivity index (χ2v) is 8.18. The van der Waals surface area contributed by atoms with Crippen LogP contribution in [0.3, 0.4) is 0 Å². The van der Waals surface area contributed by atoms with E-state index in [2.05, 4.69) is 10.6 Å². The van der Waals surface area contributed by atoms with Gasteiger partial charge >= 0.3 is 6.03 Å². The van der Waals surface area contributed by atoms with Gasteiger partial charge in [0.25, 0.3) is 11.6 Å². The first-order valence-electron chi connectivity index (χ1n) is 8.86. The molecule has 0 spiro atoms. The highest BCUT2D eigenvalue weighted by Crippen LogP contribution is 2.23. The number of piperidine rings is 1. The van der Waals surface area contributed by atoms with Gasteiger partial charge in [-0.1, -0.05) is 11.6 Å². The van der Waals surface area contributed by atoms with E-state index in [0.29, 0.717) is 19.6 Å². The summed E-state index contributed by atoms with van der Waals surface area (Å²) in [6, 6.07) is 3.83. The van der Waals surface area contributed by atoms with Crippen LogP contribution >= 0.6 is 11.6 Å². The van der Waals surface area contributed by atoms with E-state index < -0.39 is 10.8 Å². The molecule has 0 saturated carbocycles. The number of urea groups is 1. The number of nitrogens with one attached hydrogen (secondary N) is 2. The van der Waals surface area contributed by atoms with Crippen molar-refractivity contribution in [2.24, 2.45) is 5.92 Å². The fraction of sp³-hybridized carbons (Fsp3) is 0.556. The zero-order valence-electron chi connectivity index (χ0n) is 15.8. The molecule has 1 fully saturated rings. The molecular formula is C18H25ClN4O4. The SMILES string of the molecule is CC(C)(C)NC(=O)N1CCC(CNC(=O)c2cc(Cl)ccc2[N+](=O)[O-])CC1. The first-order valence-corrected chi connectivity index (χ1v) is 9.24. The molecule has 1 saturated heterocycles. The summed E-state index contributed by atoms with van der Waals surface area (Å²) in [7, 11) is 0. The maximum Gasteiger partial charge on any atom is 0.317 e. The maximum atomic E-state index is 12.3. The molecule has 0 atom stereocenters. The van der Waals surface area contributed by atoms with Crippen LogP contribution in [0.5, 0.6) is 0 Å². The molecule has 3 amide bonds. The molecule has 0 aromatic heterocycles. The van der Waals surface area contributed by atoms with Crippen LogP contribution in [0.2, 0.25) is 5.02 Å². The summed E-state index contributed by atoms with van der Waals surface area (Å²) >= 11 is 5.86. The van der Waals surface area contributed by atoms with Gasteiger partial charge in [0.2, 0.25) is 0 Å². The average molecular weight is 397 g/mol. The van der Waals surface area contributed by atoms with Crippen molar-refractivity contribution in [3.63, 3.8) is 0 Å². The van der Waals surface area contributed by atoms with Crippen molar-refractivity contribution in [2.75, 3.05) is 19.6 Å². The van der Waals surface area contributed by atoms with Crippen LogP contribution < -0.4 is 10.6 Å². The zero-order valence-corrected chi connectivity index (χ0v) is 16.5. The molecule has 1 aromatic rings. The van der Waals surface area contributed by atoms with E-state index >= 15 is 0 Å². The summed E-state index contributed by atoms with van der Waals surface area (Å²) in [6.45, 7) is 7.42. The molecule has 0 radical (unpaired) electrons. The Morgan fingerprint density at radius 1 is 1.30 bits per heavy atom. The van der Waals surface area contributed by atoms with Crippen LogP contribution in [0.25, 0.3) is 0 Å². The molecule has 1 aromatic carbocycles. The number of rotatable bonds is 4. The summed E-state index contributed by atoms with van der Waals surface area (Å²) < 4.78 is 0. The van der Waals surface area contributed by atoms with Crippen LogP contribution in [-0.2, 0) is 0 Å². The minimum Gasteiger partial charge on any atom is -0.352 e. The standard InChI is InChI=1S/C18H25ClN4O4/c1-18(2,3)21-17(25)22-8-6-12(7-9-22)11-20-16(24)14-10-13(19)4-5-15(14)23(26)27/h4-5,10,12H,6-9,11H2,1-3H3,(H,20,24)(H,21,25). The van der Waals surface area contributed by atoms with Crippen LogP contribution in [0.1, 0.15) is 44.0 Å². The van der Waals surface area contributed by atoms with Gasteiger partial charge in [-0.15, -0.1) is 0 Å². The Morgan fingerprint density at radius 2 is 1.93 bits per heavy atom. The summed E-state index contributed by atoms with van der Waals surface area (Å²) in [5.74, 6) is -0.303. The van der Waals surface area contributed by atoms with E-state index in [0.717, 1.165) is 12.8 Å². The van der Waals surface area contributed by atoms with Crippen molar-refractivity contribution in [2.45, 2.75) is 39.2 Å². The highest BCUT2D eigenvalue weighted by Gasteiger charge is 2.26. The fourth-order valence-electron chi connectivity index (χ4n) is 2.92. The van der Waals surface area contributed by atoms with Gasteiger partial charge in [-0.05, 0) is 51.7 Å². The lowest BCUT2D eigenvalue weighted by atomic mass is 9.96. The molecule has 148 valence electrons. The van der Waals surface area contributed by atoms with Crippen molar-refractivity contribution in [1.82, 2.24) is 15.5 Å². The minimum atomic E-state index is -0.600. The quantitative estimate of drug-likeness (QED) is 0.602. The first-order chi connectivity index (χ1) is 12.6. The van der Waals surface area contributed by atoms with Gasteiger partial charge in [0.15, 0.2) is 0 Å². The molecule has 8 nitrogen and oxygen atoms in total. The summed E-state index contributed by atoms with van der Waals surface area (Å²) in [4.78, 5) is 36.8. The van der Waals surface area contributed by atoms with Crippen LogP contribution in [-0.4, -0.2) is 46.9 Å². The number of carbonyl (C=O) groups excluding carboxylic acids is 2. The number of nitro benzene ring substituents is 1. The minimum absolute atomic E-state index is 0.0468. The lowest BCUT2D eigenvalue weighted by Crippen LogP contribution is -2.51. The van der Waals surface area contributed by atoms with Gasteiger partial charge < -0.3 is 15.5 Å². The largest absolute Gasteiger partial charge is 0.352 e. The second kappa shape index (κ2) is 8.56. The molecule has 0 aliphatic carbocycles. The number of halogens is 1. The van der Waals surface area contributed by atoms with E-state index in [1.807, 2.05) is 20.8 Å². The molecule has 0 unspecified atom stereocenters. The highest BCUT2D eigenvalue weighted by molar-refractivity contribution is 6.31. The molecule has 0 bridgehead atoms. The Labute approximate surface area is 163 Å². The van der Waals surface area contributed by atoms with E-state index in [-0.39, 0.29) is 33.8 Å². The van der Waals surface area contributed by atoms with E-state index in [9.17, 15) is 19.7 Å². The van der Waals surface area contributed by atoms with Crippen molar-refractivity contribution in [3.05, 3.63) is 38.9 Å². The molecule has 2 N–H and O–H groups in total. The number of nitro groups is 1. The Bertz CT molecular complexity index is 725. The van der Waals surface area contributed by atoms with E-state index in [1.165, 1.54) is 18.2 Å². The third kappa shape index (κ3) is 6.09. The number of carbonyl (C=O) groups is 2. The second-order valence-electron chi connectivity index (χ2n) is 7.74. The molecular weight excluding hydrogens is 372 g/mol. The highest BCUT2D eigenvalue weighted by atomic mass is 35.5. The Hall–Kier alpha value is -2.35. The average Bonchev–Trinajstić information content (AvgIpc) is 2.58. The Kier molecular flexibility index (Phi) is 6.64. The molecule has 2 rings (SSSR count). The number of nitrogens with zero attached hydrogens (tertiary/aromatic N) is 2. The van der Waals surface area contributed by atoms with Gasteiger partial charge in [0.1, 0.15) is 5.56 Å². The molecule has 1 heterocycles. The molecule has 1 aliphatic heterocycles. The van der Waals surface area contributed by atoms with Crippen molar-refractivity contribution in [1.29, 1.82) is 0 Å². The smallest absolute Gasteiger partial charge is 0.317 e. The van der Waals surface area contributed by atoms with Gasteiger partial charge in [0.05, 0.1) is 4.92 Å². The third-order valence-electron chi connectivity index (χ3n) is 4.33.